The Morgan fingerprint density at radius 3 is 2.63 bits per heavy atom. The Kier molecular flexibility index (Phi) is 6.36. The van der Waals surface area contributed by atoms with E-state index in [-0.39, 0.29) is 18.0 Å². The number of imide groups is 1. The summed E-state index contributed by atoms with van der Waals surface area (Å²) in [7, 11) is 0. The molecule has 1 saturated heterocycles. The first-order valence-corrected chi connectivity index (χ1v) is 9.39. The van der Waals surface area contributed by atoms with E-state index < -0.39 is 24.5 Å². The number of aryl methyl sites for hydroxylation is 1. The van der Waals surface area contributed by atoms with Crippen molar-refractivity contribution in [2.45, 2.75) is 20.4 Å². The zero-order valence-electron chi connectivity index (χ0n) is 16.7. The van der Waals surface area contributed by atoms with Gasteiger partial charge in [-0.2, -0.15) is 0 Å². The lowest BCUT2D eigenvalue weighted by atomic mass is 10.1. The highest BCUT2D eigenvalue weighted by Crippen LogP contribution is 2.30. The van der Waals surface area contributed by atoms with Gasteiger partial charge in [0.15, 0.2) is 18.1 Å². The molecule has 0 bridgehead atoms. The number of nitrogens with zero attached hydrogens (tertiary/aromatic N) is 1. The van der Waals surface area contributed by atoms with E-state index in [1.54, 1.807) is 31.2 Å². The summed E-state index contributed by atoms with van der Waals surface area (Å²) in [6, 6.07) is 12.0. The summed E-state index contributed by atoms with van der Waals surface area (Å²) in [5, 5.41) is 11.4. The van der Waals surface area contributed by atoms with E-state index in [4.69, 9.17) is 14.6 Å². The van der Waals surface area contributed by atoms with Gasteiger partial charge in [0.1, 0.15) is 5.70 Å². The first kappa shape index (κ1) is 20.9. The van der Waals surface area contributed by atoms with Crippen LogP contribution in [0.5, 0.6) is 11.5 Å². The first-order chi connectivity index (χ1) is 14.4. The monoisotopic (exact) mass is 410 g/mol. The summed E-state index contributed by atoms with van der Waals surface area (Å²) >= 11 is 0. The third-order valence-corrected chi connectivity index (χ3v) is 4.32. The highest BCUT2D eigenvalue weighted by Gasteiger charge is 2.33. The fourth-order valence-corrected chi connectivity index (χ4v) is 3.02. The van der Waals surface area contributed by atoms with E-state index in [9.17, 15) is 14.4 Å². The van der Waals surface area contributed by atoms with E-state index in [0.717, 1.165) is 16.0 Å². The maximum atomic E-state index is 12.7. The van der Waals surface area contributed by atoms with Crippen molar-refractivity contribution in [1.29, 1.82) is 0 Å². The molecule has 2 aromatic rings. The number of carbonyl (C=O) groups excluding carboxylic acids is 2. The maximum Gasteiger partial charge on any atom is 0.341 e. The quantitative estimate of drug-likeness (QED) is 0.512. The van der Waals surface area contributed by atoms with Crippen LogP contribution >= 0.6 is 0 Å². The van der Waals surface area contributed by atoms with Crippen LogP contribution < -0.4 is 14.8 Å². The number of hydrogen-bond acceptors (Lipinski definition) is 5. The van der Waals surface area contributed by atoms with Crippen molar-refractivity contribution in [2.24, 2.45) is 0 Å². The van der Waals surface area contributed by atoms with Crippen molar-refractivity contribution >= 4 is 24.0 Å². The molecule has 156 valence electrons. The number of amides is 3. The average molecular weight is 410 g/mol. The van der Waals surface area contributed by atoms with Crippen LogP contribution in [0.1, 0.15) is 23.6 Å². The molecular formula is C22H22N2O6. The average Bonchev–Trinajstić information content (AvgIpc) is 2.95. The summed E-state index contributed by atoms with van der Waals surface area (Å²) in [4.78, 5) is 36.9. The van der Waals surface area contributed by atoms with Crippen molar-refractivity contribution in [3.05, 3.63) is 64.9 Å². The molecule has 2 aromatic carbocycles. The third-order valence-electron chi connectivity index (χ3n) is 4.32. The number of hydrogen-bond donors (Lipinski definition) is 2. The van der Waals surface area contributed by atoms with Crippen molar-refractivity contribution in [3.63, 3.8) is 0 Å². The first-order valence-electron chi connectivity index (χ1n) is 9.39. The van der Waals surface area contributed by atoms with Crippen molar-refractivity contribution in [1.82, 2.24) is 10.2 Å². The van der Waals surface area contributed by atoms with Gasteiger partial charge >= 0.3 is 12.0 Å². The molecule has 1 heterocycles. The van der Waals surface area contributed by atoms with Gasteiger partial charge in [0, 0.05) is 0 Å². The molecule has 0 aromatic heterocycles. The Hall–Kier alpha value is -3.81. The van der Waals surface area contributed by atoms with E-state index in [1.807, 2.05) is 31.2 Å². The number of rotatable bonds is 8. The number of nitrogens with one attached hydrogen (secondary N) is 1. The molecule has 3 rings (SSSR count). The lowest BCUT2D eigenvalue weighted by Crippen LogP contribution is -2.30. The molecular weight excluding hydrogens is 388 g/mol. The highest BCUT2D eigenvalue weighted by atomic mass is 16.5. The minimum absolute atomic E-state index is 0.148. The third kappa shape index (κ3) is 4.96. The molecule has 30 heavy (non-hydrogen) atoms. The summed E-state index contributed by atoms with van der Waals surface area (Å²) in [5.41, 5.74) is 2.65. The Labute approximate surface area is 173 Å². The largest absolute Gasteiger partial charge is 0.490 e. The number of urea groups is 1. The molecule has 1 aliphatic rings. The van der Waals surface area contributed by atoms with Gasteiger partial charge in [0.05, 0.1) is 13.2 Å². The lowest BCUT2D eigenvalue weighted by molar-refractivity contribution is -0.139. The van der Waals surface area contributed by atoms with Gasteiger partial charge in [-0.25, -0.2) is 9.59 Å². The van der Waals surface area contributed by atoms with Crippen LogP contribution in [-0.4, -0.2) is 41.1 Å². The molecule has 2 N–H and O–H groups in total. The Morgan fingerprint density at radius 2 is 1.93 bits per heavy atom. The molecule has 0 radical (unpaired) electrons. The number of benzene rings is 2. The summed E-state index contributed by atoms with van der Waals surface area (Å²) in [6.07, 6.45) is 1.54. The summed E-state index contributed by atoms with van der Waals surface area (Å²) in [5.74, 6) is -0.895. The normalized spacial score (nSPS) is 14.7. The smallest absolute Gasteiger partial charge is 0.341 e. The topological polar surface area (TPSA) is 105 Å². The van der Waals surface area contributed by atoms with Crippen LogP contribution in [0.4, 0.5) is 4.79 Å². The Balaban J connectivity index is 1.80. The lowest BCUT2D eigenvalue weighted by Gasteiger charge is -2.12. The minimum atomic E-state index is -1.10. The predicted molar refractivity (Wildman–Crippen MR) is 109 cm³/mol. The zero-order chi connectivity index (χ0) is 21.7. The zero-order valence-corrected chi connectivity index (χ0v) is 16.7. The van der Waals surface area contributed by atoms with Crippen LogP contribution in [0.2, 0.25) is 0 Å². The van der Waals surface area contributed by atoms with Crippen molar-refractivity contribution in [3.8, 4) is 11.5 Å². The SMILES string of the molecule is CCOc1cc(/C=C2/NC(=O)N(Cc3cccc(C)c3)C2=O)ccc1OCC(=O)O. The van der Waals surface area contributed by atoms with E-state index >= 15 is 0 Å². The van der Waals surface area contributed by atoms with Crippen LogP contribution in [0.3, 0.4) is 0 Å². The molecule has 0 unspecified atom stereocenters. The molecule has 1 aliphatic heterocycles. The van der Waals surface area contributed by atoms with Crippen LogP contribution in [0, 0.1) is 6.92 Å². The molecule has 3 amide bonds. The molecule has 8 nitrogen and oxygen atoms in total. The van der Waals surface area contributed by atoms with Gasteiger partial charge in [0.2, 0.25) is 0 Å². The number of carboxylic acids is 1. The molecule has 0 atom stereocenters. The molecule has 1 fully saturated rings. The fourth-order valence-electron chi connectivity index (χ4n) is 3.02. The van der Waals surface area contributed by atoms with E-state index in [2.05, 4.69) is 5.32 Å². The van der Waals surface area contributed by atoms with E-state index in [1.165, 1.54) is 0 Å². The van der Waals surface area contributed by atoms with Gasteiger partial charge in [-0.15, -0.1) is 0 Å². The second-order valence-corrected chi connectivity index (χ2v) is 6.69. The van der Waals surface area contributed by atoms with Gasteiger partial charge in [-0.1, -0.05) is 35.9 Å². The second-order valence-electron chi connectivity index (χ2n) is 6.69. The number of carbonyl (C=O) groups is 3. The van der Waals surface area contributed by atoms with Crippen molar-refractivity contribution in [2.75, 3.05) is 13.2 Å². The highest BCUT2D eigenvalue weighted by molar-refractivity contribution is 6.13. The number of aliphatic carboxylic acids is 1. The summed E-state index contributed by atoms with van der Waals surface area (Å²) in [6.45, 7) is 3.76. The van der Waals surface area contributed by atoms with Crippen LogP contribution in [-0.2, 0) is 16.1 Å². The van der Waals surface area contributed by atoms with E-state index in [0.29, 0.717) is 17.9 Å². The predicted octanol–water partition coefficient (Wildman–Crippen LogP) is 2.95. The van der Waals surface area contributed by atoms with Gasteiger partial charge in [0.25, 0.3) is 5.91 Å². The molecule has 0 saturated carbocycles. The number of ether oxygens (including phenoxy) is 2. The molecule has 0 spiro atoms. The van der Waals surface area contributed by atoms with Gasteiger partial charge < -0.3 is 19.9 Å². The molecule has 8 heteroatoms. The van der Waals surface area contributed by atoms with Crippen LogP contribution in [0.25, 0.3) is 6.08 Å². The standard InChI is InChI=1S/C22H22N2O6/c1-3-29-19-11-15(7-8-18(19)30-13-20(25)26)10-17-21(27)24(22(28)23-17)12-16-6-4-5-14(2)9-16/h4-11H,3,12-13H2,1-2H3,(H,23,28)(H,25,26)/b17-10+. The number of carboxylic acid groups (broad SMARTS) is 1. The van der Waals surface area contributed by atoms with Crippen LogP contribution in [0.15, 0.2) is 48.2 Å². The molecule has 0 aliphatic carbocycles. The Bertz CT molecular complexity index is 1010. The maximum absolute atomic E-state index is 12.7. The fraction of sp³-hybridized carbons (Fsp3) is 0.227. The van der Waals surface area contributed by atoms with Crippen molar-refractivity contribution < 1.29 is 29.0 Å². The van der Waals surface area contributed by atoms with Gasteiger partial charge in [-0.3, -0.25) is 9.69 Å². The van der Waals surface area contributed by atoms with Gasteiger partial charge in [-0.05, 0) is 43.2 Å². The minimum Gasteiger partial charge on any atom is -0.490 e. The summed E-state index contributed by atoms with van der Waals surface area (Å²) < 4.78 is 10.7. The Morgan fingerprint density at radius 1 is 1.13 bits per heavy atom. The second kappa shape index (κ2) is 9.13.